The van der Waals surface area contributed by atoms with E-state index < -0.39 is 36.7 Å². The molecule has 7 heteroatoms. The van der Waals surface area contributed by atoms with Gasteiger partial charge in [0, 0.05) is 6.92 Å². The van der Waals surface area contributed by atoms with Crippen molar-refractivity contribution >= 4 is 11.8 Å². The third-order valence-corrected chi connectivity index (χ3v) is 1.47. The van der Waals surface area contributed by atoms with Gasteiger partial charge in [-0.3, -0.25) is 14.9 Å². The number of aliphatic hydroxyl groups is 4. The monoisotopic (exact) mass is 207 g/mol. The molecule has 2 amide bonds. The molecule has 5 N–H and O–H groups in total. The Bertz CT molecular complexity index is 218. The van der Waals surface area contributed by atoms with Gasteiger partial charge in [-0.15, -0.1) is 0 Å². The van der Waals surface area contributed by atoms with Crippen LogP contribution in [0.4, 0.5) is 0 Å². The maximum atomic E-state index is 10.9. The average molecular weight is 207 g/mol. The van der Waals surface area contributed by atoms with Crippen molar-refractivity contribution in [1.29, 1.82) is 0 Å². The van der Waals surface area contributed by atoms with Crippen LogP contribution < -0.4 is 5.32 Å². The van der Waals surface area contributed by atoms with E-state index in [0.717, 1.165) is 6.92 Å². The molecule has 0 aliphatic heterocycles. The topological polar surface area (TPSA) is 127 Å². The van der Waals surface area contributed by atoms with Crippen LogP contribution in [-0.4, -0.2) is 57.2 Å². The minimum Gasteiger partial charge on any atom is -0.394 e. The molecule has 0 radical (unpaired) electrons. The van der Waals surface area contributed by atoms with Crippen molar-refractivity contribution < 1.29 is 30.0 Å². The molecule has 0 aliphatic rings. The number of aliphatic hydroxyl groups excluding tert-OH is 4. The van der Waals surface area contributed by atoms with E-state index in [1.807, 2.05) is 0 Å². The molecule has 0 spiro atoms. The fourth-order valence-corrected chi connectivity index (χ4v) is 0.721. The third kappa shape index (κ3) is 3.79. The predicted molar refractivity (Wildman–Crippen MR) is 43.9 cm³/mol. The molecule has 0 saturated heterocycles. The number of amides is 2. The van der Waals surface area contributed by atoms with Crippen LogP contribution in [0.2, 0.25) is 0 Å². The molecular weight excluding hydrogens is 194 g/mol. The lowest BCUT2D eigenvalue weighted by molar-refractivity contribution is -0.145. The number of imide groups is 1. The van der Waals surface area contributed by atoms with Gasteiger partial charge in [0.25, 0.3) is 5.91 Å². The molecule has 3 atom stereocenters. The summed E-state index contributed by atoms with van der Waals surface area (Å²) in [6, 6.07) is 0. The second-order valence-corrected chi connectivity index (χ2v) is 2.73. The summed E-state index contributed by atoms with van der Waals surface area (Å²) in [6.07, 6.45) is -5.43. The Morgan fingerprint density at radius 3 is 2.14 bits per heavy atom. The highest BCUT2D eigenvalue weighted by atomic mass is 16.4. The highest BCUT2D eigenvalue weighted by Gasteiger charge is 2.30. The SMILES string of the molecule is CC(=O)NC(=O)[C@H](O)[C@H](O)[C@H](O)CO. The van der Waals surface area contributed by atoms with Gasteiger partial charge in [-0.2, -0.15) is 0 Å². The lowest BCUT2D eigenvalue weighted by Gasteiger charge is -2.19. The van der Waals surface area contributed by atoms with Crippen LogP contribution in [0.5, 0.6) is 0 Å². The van der Waals surface area contributed by atoms with Crippen molar-refractivity contribution in [3.63, 3.8) is 0 Å². The molecular formula is C7H13NO6. The Labute approximate surface area is 80.0 Å². The zero-order valence-corrected chi connectivity index (χ0v) is 7.54. The number of nitrogens with one attached hydrogen (secondary N) is 1. The van der Waals surface area contributed by atoms with E-state index in [2.05, 4.69) is 0 Å². The number of carbonyl (C=O) groups excluding carboxylic acids is 2. The fraction of sp³-hybridized carbons (Fsp3) is 0.714. The largest absolute Gasteiger partial charge is 0.394 e. The van der Waals surface area contributed by atoms with Crippen molar-refractivity contribution in [2.24, 2.45) is 0 Å². The van der Waals surface area contributed by atoms with E-state index in [1.54, 1.807) is 5.32 Å². The number of rotatable bonds is 4. The van der Waals surface area contributed by atoms with Gasteiger partial charge in [-0.25, -0.2) is 0 Å². The Morgan fingerprint density at radius 1 is 1.29 bits per heavy atom. The highest BCUT2D eigenvalue weighted by Crippen LogP contribution is 1.99. The van der Waals surface area contributed by atoms with Crippen molar-refractivity contribution in [3.05, 3.63) is 0 Å². The highest BCUT2D eigenvalue weighted by molar-refractivity contribution is 5.96. The van der Waals surface area contributed by atoms with Crippen molar-refractivity contribution in [2.45, 2.75) is 25.2 Å². The number of carbonyl (C=O) groups is 2. The maximum Gasteiger partial charge on any atom is 0.258 e. The lowest BCUT2D eigenvalue weighted by atomic mass is 10.1. The third-order valence-electron chi connectivity index (χ3n) is 1.47. The second-order valence-electron chi connectivity index (χ2n) is 2.73. The smallest absolute Gasteiger partial charge is 0.258 e. The zero-order valence-electron chi connectivity index (χ0n) is 7.54. The molecule has 0 aromatic carbocycles. The lowest BCUT2D eigenvalue weighted by Crippen LogP contribution is -2.49. The maximum absolute atomic E-state index is 10.9. The Kier molecular flexibility index (Phi) is 5.24. The molecule has 7 nitrogen and oxygen atoms in total. The number of hydrogen-bond acceptors (Lipinski definition) is 6. The van der Waals surface area contributed by atoms with Crippen LogP contribution in [0.3, 0.4) is 0 Å². The molecule has 0 saturated carbocycles. The predicted octanol–water partition coefficient (Wildman–Crippen LogP) is -3.28. The van der Waals surface area contributed by atoms with Gasteiger partial charge in [0.05, 0.1) is 6.61 Å². The van der Waals surface area contributed by atoms with E-state index in [-0.39, 0.29) is 0 Å². The summed E-state index contributed by atoms with van der Waals surface area (Å²) in [4.78, 5) is 21.3. The fourth-order valence-electron chi connectivity index (χ4n) is 0.721. The Balaban J connectivity index is 4.23. The van der Waals surface area contributed by atoms with E-state index >= 15 is 0 Å². The van der Waals surface area contributed by atoms with Crippen LogP contribution in [0.1, 0.15) is 6.92 Å². The van der Waals surface area contributed by atoms with Gasteiger partial charge in [0.15, 0.2) is 6.10 Å². The van der Waals surface area contributed by atoms with E-state index in [1.165, 1.54) is 0 Å². The quantitative estimate of drug-likeness (QED) is 0.329. The van der Waals surface area contributed by atoms with E-state index in [0.29, 0.717) is 0 Å². The first-order valence-electron chi connectivity index (χ1n) is 3.86. The standard InChI is InChI=1S/C7H13NO6/c1-3(10)8-7(14)6(13)5(12)4(11)2-9/h4-6,9,11-13H,2H2,1H3,(H,8,10,14)/t4-,5-,6-/m1/s1. The van der Waals surface area contributed by atoms with Gasteiger partial charge in [-0.1, -0.05) is 0 Å². The van der Waals surface area contributed by atoms with Crippen LogP contribution in [-0.2, 0) is 9.59 Å². The van der Waals surface area contributed by atoms with Crippen molar-refractivity contribution in [2.75, 3.05) is 6.61 Å². The molecule has 0 aliphatic carbocycles. The number of hydrogen-bond donors (Lipinski definition) is 5. The van der Waals surface area contributed by atoms with Gasteiger partial charge in [0.1, 0.15) is 12.2 Å². The van der Waals surface area contributed by atoms with Gasteiger partial charge >= 0.3 is 0 Å². The van der Waals surface area contributed by atoms with Gasteiger partial charge < -0.3 is 20.4 Å². The summed E-state index contributed by atoms with van der Waals surface area (Å²) in [5.41, 5.74) is 0. The van der Waals surface area contributed by atoms with Gasteiger partial charge in [-0.05, 0) is 0 Å². The average Bonchev–Trinajstić information content (AvgIpc) is 2.13. The van der Waals surface area contributed by atoms with Crippen LogP contribution in [0.25, 0.3) is 0 Å². The molecule has 0 rings (SSSR count). The summed E-state index contributed by atoms with van der Waals surface area (Å²) in [5.74, 6) is -1.82. The molecule has 0 aromatic rings. The van der Waals surface area contributed by atoms with E-state index in [9.17, 15) is 9.59 Å². The minimum absolute atomic E-state index is 0.695. The first-order valence-corrected chi connectivity index (χ1v) is 3.86. The summed E-state index contributed by atoms with van der Waals surface area (Å²) < 4.78 is 0. The minimum atomic E-state index is -1.96. The molecule has 0 unspecified atom stereocenters. The second kappa shape index (κ2) is 5.66. The first-order chi connectivity index (χ1) is 6.40. The molecule has 0 bridgehead atoms. The summed E-state index contributed by atoms with van der Waals surface area (Å²) in [6.45, 7) is 0.255. The van der Waals surface area contributed by atoms with Crippen LogP contribution >= 0.6 is 0 Å². The van der Waals surface area contributed by atoms with Crippen LogP contribution in [0, 0.1) is 0 Å². The van der Waals surface area contributed by atoms with Crippen molar-refractivity contribution in [3.8, 4) is 0 Å². The summed E-state index contributed by atoms with van der Waals surface area (Å²) in [7, 11) is 0. The summed E-state index contributed by atoms with van der Waals surface area (Å²) in [5, 5.41) is 37.1. The molecule has 14 heavy (non-hydrogen) atoms. The summed E-state index contributed by atoms with van der Waals surface area (Å²) >= 11 is 0. The molecule has 0 fully saturated rings. The Morgan fingerprint density at radius 2 is 1.79 bits per heavy atom. The van der Waals surface area contributed by atoms with Crippen LogP contribution in [0.15, 0.2) is 0 Å². The first kappa shape index (κ1) is 13.0. The zero-order chi connectivity index (χ0) is 11.3. The van der Waals surface area contributed by atoms with Crippen molar-refractivity contribution in [1.82, 2.24) is 5.32 Å². The van der Waals surface area contributed by atoms with Gasteiger partial charge in [0.2, 0.25) is 5.91 Å². The normalized spacial score (nSPS) is 16.9. The molecule has 0 aromatic heterocycles. The molecule has 82 valence electrons. The van der Waals surface area contributed by atoms with E-state index in [4.69, 9.17) is 20.4 Å². The molecule has 0 heterocycles. The Hall–Kier alpha value is -1.02.